The first-order valence-corrected chi connectivity index (χ1v) is 4.94. The highest BCUT2D eigenvalue weighted by Crippen LogP contribution is 2.07. The predicted octanol–water partition coefficient (Wildman–Crippen LogP) is 0.802. The Bertz CT molecular complexity index is 376. The Morgan fingerprint density at radius 2 is 2.57 bits per heavy atom. The molecule has 1 aromatic heterocycles. The summed E-state index contributed by atoms with van der Waals surface area (Å²) in [5, 5.41) is 13.6. The van der Waals surface area contributed by atoms with Crippen LogP contribution in [0.3, 0.4) is 0 Å². The maximum Gasteiger partial charge on any atom is 0.355 e. The third-order valence-corrected chi connectivity index (χ3v) is 2.18. The minimum atomic E-state index is -1.01. The lowest BCUT2D eigenvalue weighted by Crippen LogP contribution is -2.05. The molecule has 74 valence electrons. The highest BCUT2D eigenvalue weighted by molar-refractivity contribution is 7.10. The topological polar surface area (TPSA) is 62.2 Å². The van der Waals surface area contributed by atoms with Crippen molar-refractivity contribution in [2.45, 2.75) is 6.42 Å². The Morgan fingerprint density at radius 3 is 3.14 bits per heavy atom. The Labute approximate surface area is 86.0 Å². The van der Waals surface area contributed by atoms with Gasteiger partial charge in [0.15, 0.2) is 10.7 Å². The molecular formula is C9H10N2O2S. The fourth-order valence-corrected chi connectivity index (χ4v) is 1.41. The number of aromatic nitrogens is 1. The molecule has 0 saturated carbocycles. The van der Waals surface area contributed by atoms with Gasteiger partial charge in [0, 0.05) is 18.3 Å². The van der Waals surface area contributed by atoms with E-state index in [4.69, 9.17) is 5.11 Å². The standard InChI is InChI=1S/C9H10N2O2S/c1-10-5-3-2-4-8-11-7(6-14-8)9(12)13/h6,10H,3,5H2,1H3,(H,12,13). The molecule has 0 bridgehead atoms. The van der Waals surface area contributed by atoms with Crippen molar-refractivity contribution < 1.29 is 9.90 Å². The molecule has 0 amide bonds. The molecule has 0 fully saturated rings. The first-order chi connectivity index (χ1) is 6.74. The van der Waals surface area contributed by atoms with E-state index in [-0.39, 0.29) is 5.69 Å². The predicted molar refractivity (Wildman–Crippen MR) is 54.5 cm³/mol. The van der Waals surface area contributed by atoms with E-state index in [9.17, 15) is 4.79 Å². The average Bonchev–Trinajstić information content (AvgIpc) is 2.61. The molecule has 1 aromatic rings. The van der Waals surface area contributed by atoms with Gasteiger partial charge in [0.1, 0.15) is 0 Å². The highest BCUT2D eigenvalue weighted by Gasteiger charge is 2.06. The van der Waals surface area contributed by atoms with Crippen LogP contribution >= 0.6 is 11.3 Å². The molecule has 0 atom stereocenters. The number of carboxylic acid groups (broad SMARTS) is 1. The van der Waals surface area contributed by atoms with E-state index in [1.165, 1.54) is 16.7 Å². The summed E-state index contributed by atoms with van der Waals surface area (Å²) in [6.45, 7) is 0.824. The van der Waals surface area contributed by atoms with Crippen LogP contribution in [0, 0.1) is 11.8 Å². The molecule has 0 radical (unpaired) electrons. The Morgan fingerprint density at radius 1 is 1.79 bits per heavy atom. The second-order valence-corrected chi connectivity index (χ2v) is 3.36. The lowest BCUT2D eigenvalue weighted by molar-refractivity contribution is 0.0691. The molecule has 5 heteroatoms. The van der Waals surface area contributed by atoms with Crippen LogP contribution in [-0.2, 0) is 0 Å². The zero-order valence-electron chi connectivity index (χ0n) is 7.70. The molecule has 1 heterocycles. The fourth-order valence-electron chi connectivity index (χ4n) is 0.755. The van der Waals surface area contributed by atoms with Crippen LogP contribution in [0.5, 0.6) is 0 Å². The Hall–Kier alpha value is -1.38. The number of carbonyl (C=O) groups is 1. The monoisotopic (exact) mass is 210 g/mol. The smallest absolute Gasteiger partial charge is 0.355 e. The first-order valence-electron chi connectivity index (χ1n) is 4.06. The van der Waals surface area contributed by atoms with E-state index in [0.29, 0.717) is 5.01 Å². The lowest BCUT2D eigenvalue weighted by atomic mass is 10.4. The van der Waals surface area contributed by atoms with E-state index in [2.05, 4.69) is 22.1 Å². The molecular weight excluding hydrogens is 200 g/mol. The van der Waals surface area contributed by atoms with Gasteiger partial charge < -0.3 is 10.4 Å². The normalized spacial score (nSPS) is 9.21. The minimum absolute atomic E-state index is 0.0629. The van der Waals surface area contributed by atoms with Crippen molar-refractivity contribution in [1.29, 1.82) is 0 Å². The molecule has 4 nitrogen and oxygen atoms in total. The number of hydrogen-bond acceptors (Lipinski definition) is 4. The highest BCUT2D eigenvalue weighted by atomic mass is 32.1. The van der Waals surface area contributed by atoms with Gasteiger partial charge in [-0.3, -0.25) is 0 Å². The van der Waals surface area contributed by atoms with Crippen molar-refractivity contribution in [2.24, 2.45) is 0 Å². The summed E-state index contributed by atoms with van der Waals surface area (Å²) in [5.74, 6) is 4.70. The Kier molecular flexibility index (Phi) is 4.11. The average molecular weight is 210 g/mol. The van der Waals surface area contributed by atoms with Gasteiger partial charge in [0.25, 0.3) is 0 Å². The molecule has 14 heavy (non-hydrogen) atoms. The third kappa shape index (κ3) is 3.17. The fraction of sp³-hybridized carbons (Fsp3) is 0.333. The van der Waals surface area contributed by atoms with Crippen molar-refractivity contribution in [3.63, 3.8) is 0 Å². The summed E-state index contributed by atoms with van der Waals surface area (Å²) in [4.78, 5) is 14.3. The number of thiazole rings is 1. The van der Waals surface area contributed by atoms with Gasteiger partial charge in [0.2, 0.25) is 0 Å². The van der Waals surface area contributed by atoms with E-state index in [1.807, 2.05) is 7.05 Å². The summed E-state index contributed by atoms with van der Waals surface area (Å²) in [7, 11) is 1.85. The zero-order valence-corrected chi connectivity index (χ0v) is 8.52. The van der Waals surface area contributed by atoms with Crippen LogP contribution in [0.1, 0.15) is 21.9 Å². The maximum absolute atomic E-state index is 10.5. The van der Waals surface area contributed by atoms with Gasteiger partial charge in [-0.1, -0.05) is 5.92 Å². The summed E-state index contributed by atoms with van der Waals surface area (Å²) >= 11 is 1.25. The zero-order chi connectivity index (χ0) is 10.4. The molecule has 0 aliphatic carbocycles. The number of aromatic carboxylic acids is 1. The van der Waals surface area contributed by atoms with E-state index in [1.54, 1.807) is 0 Å². The van der Waals surface area contributed by atoms with Gasteiger partial charge >= 0.3 is 5.97 Å². The van der Waals surface area contributed by atoms with Gasteiger partial charge in [-0.05, 0) is 13.0 Å². The number of hydrogen-bond donors (Lipinski definition) is 2. The molecule has 1 rings (SSSR count). The van der Waals surface area contributed by atoms with Crippen LogP contribution in [0.4, 0.5) is 0 Å². The summed E-state index contributed by atoms with van der Waals surface area (Å²) in [6, 6.07) is 0. The van der Waals surface area contributed by atoms with Gasteiger partial charge in [0.05, 0.1) is 0 Å². The molecule has 0 aromatic carbocycles. The number of rotatable bonds is 3. The molecule has 2 N–H and O–H groups in total. The molecule has 0 unspecified atom stereocenters. The molecule has 0 spiro atoms. The van der Waals surface area contributed by atoms with E-state index < -0.39 is 5.97 Å². The lowest BCUT2D eigenvalue weighted by Gasteiger charge is -1.86. The molecule has 0 aliphatic heterocycles. The van der Waals surface area contributed by atoms with Crippen LogP contribution < -0.4 is 5.32 Å². The van der Waals surface area contributed by atoms with Crippen molar-refractivity contribution in [3.8, 4) is 11.8 Å². The summed E-state index contributed by atoms with van der Waals surface area (Å²) in [5.41, 5.74) is 0.0629. The number of nitrogens with zero attached hydrogens (tertiary/aromatic N) is 1. The summed E-state index contributed by atoms with van der Waals surface area (Å²) < 4.78 is 0. The number of nitrogens with one attached hydrogen (secondary N) is 1. The first kappa shape index (κ1) is 10.7. The SMILES string of the molecule is CNCCC#Cc1nc(C(=O)O)cs1. The van der Waals surface area contributed by atoms with Crippen LogP contribution in [0.2, 0.25) is 0 Å². The van der Waals surface area contributed by atoms with Crippen molar-refractivity contribution in [3.05, 3.63) is 16.1 Å². The minimum Gasteiger partial charge on any atom is -0.476 e. The summed E-state index contributed by atoms with van der Waals surface area (Å²) in [6.07, 6.45) is 0.735. The van der Waals surface area contributed by atoms with Crippen LogP contribution in [0.25, 0.3) is 0 Å². The van der Waals surface area contributed by atoms with Gasteiger partial charge in [-0.25, -0.2) is 9.78 Å². The van der Waals surface area contributed by atoms with Crippen LogP contribution in [0.15, 0.2) is 5.38 Å². The van der Waals surface area contributed by atoms with Gasteiger partial charge in [-0.2, -0.15) is 0 Å². The molecule has 0 aliphatic rings. The maximum atomic E-state index is 10.5. The van der Waals surface area contributed by atoms with Crippen molar-refractivity contribution in [1.82, 2.24) is 10.3 Å². The van der Waals surface area contributed by atoms with Crippen molar-refractivity contribution >= 4 is 17.3 Å². The van der Waals surface area contributed by atoms with Gasteiger partial charge in [-0.15, -0.1) is 11.3 Å². The van der Waals surface area contributed by atoms with Crippen LogP contribution in [-0.4, -0.2) is 29.7 Å². The second kappa shape index (κ2) is 5.37. The largest absolute Gasteiger partial charge is 0.476 e. The quantitative estimate of drug-likeness (QED) is 0.572. The third-order valence-electron chi connectivity index (χ3n) is 1.42. The Balaban J connectivity index is 2.58. The van der Waals surface area contributed by atoms with Crippen molar-refractivity contribution in [2.75, 3.05) is 13.6 Å². The van der Waals surface area contributed by atoms with E-state index in [0.717, 1.165) is 13.0 Å². The molecule has 0 saturated heterocycles. The second-order valence-electron chi connectivity index (χ2n) is 2.50. The number of carboxylic acids is 1. The van der Waals surface area contributed by atoms with E-state index >= 15 is 0 Å².